The Balaban J connectivity index is 0.00000225. The Bertz CT molecular complexity index is 659. The molecule has 2 aromatic carbocycles. The van der Waals surface area contributed by atoms with Crippen molar-refractivity contribution in [3.63, 3.8) is 0 Å². The SMILES string of the molecule is Cl.NC[C@@H]1CN(Cc2ccc(C(F)(F)F)cc2)C[C@H]1c1ccccc1. The van der Waals surface area contributed by atoms with Gasteiger partial charge in [-0.1, -0.05) is 42.5 Å². The molecule has 2 aromatic rings. The topological polar surface area (TPSA) is 29.3 Å². The third kappa shape index (κ3) is 4.75. The summed E-state index contributed by atoms with van der Waals surface area (Å²) in [6, 6.07) is 15.7. The second-order valence-electron chi connectivity index (χ2n) is 6.40. The van der Waals surface area contributed by atoms with Crippen LogP contribution >= 0.6 is 12.4 Å². The zero-order chi connectivity index (χ0) is 17.2. The molecule has 2 atom stereocenters. The van der Waals surface area contributed by atoms with Crippen molar-refractivity contribution in [3.8, 4) is 0 Å². The minimum Gasteiger partial charge on any atom is -0.330 e. The molecule has 0 spiro atoms. The van der Waals surface area contributed by atoms with Gasteiger partial charge in [0.25, 0.3) is 0 Å². The van der Waals surface area contributed by atoms with E-state index in [4.69, 9.17) is 5.73 Å². The molecule has 0 radical (unpaired) electrons. The summed E-state index contributed by atoms with van der Waals surface area (Å²) in [6.07, 6.45) is -4.28. The van der Waals surface area contributed by atoms with Crippen molar-refractivity contribution in [1.29, 1.82) is 0 Å². The smallest absolute Gasteiger partial charge is 0.330 e. The lowest BCUT2D eigenvalue weighted by atomic mass is 9.89. The van der Waals surface area contributed by atoms with Crippen LogP contribution in [0.1, 0.15) is 22.6 Å². The van der Waals surface area contributed by atoms with Gasteiger partial charge < -0.3 is 5.73 Å². The normalized spacial score (nSPS) is 21.1. The number of rotatable bonds is 4. The van der Waals surface area contributed by atoms with Crippen molar-refractivity contribution in [3.05, 3.63) is 71.3 Å². The van der Waals surface area contributed by atoms with Crippen LogP contribution in [-0.4, -0.2) is 24.5 Å². The van der Waals surface area contributed by atoms with Gasteiger partial charge in [-0.25, -0.2) is 0 Å². The van der Waals surface area contributed by atoms with Gasteiger partial charge in [-0.05, 0) is 35.7 Å². The van der Waals surface area contributed by atoms with Crippen molar-refractivity contribution in [2.45, 2.75) is 18.6 Å². The quantitative estimate of drug-likeness (QED) is 0.869. The van der Waals surface area contributed by atoms with E-state index in [1.807, 2.05) is 18.2 Å². The average Bonchev–Trinajstić information content (AvgIpc) is 2.98. The van der Waals surface area contributed by atoms with Crippen LogP contribution in [0.15, 0.2) is 54.6 Å². The fraction of sp³-hybridized carbons (Fsp3) is 0.368. The van der Waals surface area contributed by atoms with Gasteiger partial charge in [-0.2, -0.15) is 13.2 Å². The van der Waals surface area contributed by atoms with E-state index in [9.17, 15) is 13.2 Å². The summed E-state index contributed by atoms with van der Waals surface area (Å²) in [6.45, 7) is 3.02. The third-order valence-electron chi connectivity index (χ3n) is 4.73. The van der Waals surface area contributed by atoms with Crippen molar-refractivity contribution in [1.82, 2.24) is 4.90 Å². The van der Waals surface area contributed by atoms with Crippen LogP contribution in [0.3, 0.4) is 0 Å². The second kappa shape index (κ2) is 8.21. The predicted molar refractivity (Wildman–Crippen MR) is 95.7 cm³/mol. The molecule has 136 valence electrons. The molecule has 2 nitrogen and oxygen atoms in total. The highest BCUT2D eigenvalue weighted by Gasteiger charge is 2.33. The summed E-state index contributed by atoms with van der Waals surface area (Å²) < 4.78 is 37.9. The number of nitrogens with two attached hydrogens (primary N) is 1. The fourth-order valence-corrected chi connectivity index (χ4v) is 3.46. The van der Waals surface area contributed by atoms with Crippen molar-refractivity contribution in [2.75, 3.05) is 19.6 Å². The first-order valence-corrected chi connectivity index (χ1v) is 8.11. The molecule has 1 aliphatic heterocycles. The van der Waals surface area contributed by atoms with Gasteiger partial charge in [0.1, 0.15) is 0 Å². The molecule has 2 N–H and O–H groups in total. The number of benzene rings is 2. The summed E-state index contributed by atoms with van der Waals surface area (Å²) in [5.74, 6) is 0.757. The van der Waals surface area contributed by atoms with Crippen LogP contribution in [0.5, 0.6) is 0 Å². The van der Waals surface area contributed by atoms with Gasteiger partial charge in [-0.3, -0.25) is 4.90 Å². The first-order valence-electron chi connectivity index (χ1n) is 8.11. The molecule has 0 aliphatic carbocycles. The van der Waals surface area contributed by atoms with Gasteiger partial charge in [0, 0.05) is 25.6 Å². The van der Waals surface area contributed by atoms with E-state index in [1.165, 1.54) is 5.56 Å². The lowest BCUT2D eigenvalue weighted by Crippen LogP contribution is -2.23. The third-order valence-corrected chi connectivity index (χ3v) is 4.73. The van der Waals surface area contributed by atoms with Gasteiger partial charge >= 0.3 is 6.18 Å². The summed E-state index contributed by atoms with van der Waals surface area (Å²) in [7, 11) is 0. The highest BCUT2D eigenvalue weighted by molar-refractivity contribution is 5.85. The van der Waals surface area contributed by atoms with E-state index < -0.39 is 11.7 Å². The lowest BCUT2D eigenvalue weighted by Gasteiger charge is -2.17. The Kier molecular flexibility index (Phi) is 6.49. The summed E-state index contributed by atoms with van der Waals surface area (Å²) in [5, 5.41) is 0. The van der Waals surface area contributed by atoms with Gasteiger partial charge in [0.2, 0.25) is 0 Å². The van der Waals surface area contributed by atoms with E-state index >= 15 is 0 Å². The molecular formula is C19H22ClF3N2. The standard InChI is InChI=1S/C19H21F3N2.ClH/c20-19(21,22)17-8-6-14(7-9-17)11-24-12-16(10-23)18(13-24)15-4-2-1-3-5-15;/h1-9,16,18H,10-13,23H2;1H/t16-,18+;/m1./s1. The fourth-order valence-electron chi connectivity index (χ4n) is 3.46. The van der Waals surface area contributed by atoms with E-state index in [0.29, 0.717) is 24.9 Å². The highest BCUT2D eigenvalue weighted by Crippen LogP contribution is 2.33. The molecule has 1 heterocycles. The summed E-state index contributed by atoms with van der Waals surface area (Å²) >= 11 is 0. The lowest BCUT2D eigenvalue weighted by molar-refractivity contribution is -0.137. The van der Waals surface area contributed by atoms with E-state index in [2.05, 4.69) is 17.0 Å². The Morgan fingerprint density at radius 3 is 2.16 bits per heavy atom. The minimum absolute atomic E-state index is 0. The number of likely N-dealkylation sites (tertiary alicyclic amines) is 1. The molecule has 0 saturated carbocycles. The molecular weight excluding hydrogens is 349 g/mol. The number of hydrogen-bond acceptors (Lipinski definition) is 2. The molecule has 3 rings (SSSR count). The van der Waals surface area contributed by atoms with Gasteiger partial charge in [-0.15, -0.1) is 12.4 Å². The van der Waals surface area contributed by atoms with E-state index in [-0.39, 0.29) is 12.4 Å². The monoisotopic (exact) mass is 370 g/mol. The van der Waals surface area contributed by atoms with E-state index in [1.54, 1.807) is 12.1 Å². The van der Waals surface area contributed by atoms with Crippen LogP contribution in [0.25, 0.3) is 0 Å². The Morgan fingerprint density at radius 1 is 0.960 bits per heavy atom. The molecule has 0 unspecified atom stereocenters. The zero-order valence-corrected chi connectivity index (χ0v) is 14.6. The Labute approximate surface area is 152 Å². The molecule has 0 aromatic heterocycles. The maximum Gasteiger partial charge on any atom is 0.416 e. The Morgan fingerprint density at radius 2 is 1.60 bits per heavy atom. The summed E-state index contributed by atoms with van der Waals surface area (Å²) in [4.78, 5) is 2.28. The number of halogens is 4. The largest absolute Gasteiger partial charge is 0.416 e. The molecule has 25 heavy (non-hydrogen) atoms. The van der Waals surface area contributed by atoms with Crippen LogP contribution in [-0.2, 0) is 12.7 Å². The molecule has 1 fully saturated rings. The second-order valence-corrected chi connectivity index (χ2v) is 6.40. The van der Waals surface area contributed by atoms with Gasteiger partial charge in [0.05, 0.1) is 5.56 Å². The zero-order valence-electron chi connectivity index (χ0n) is 13.7. The summed E-state index contributed by atoms with van der Waals surface area (Å²) in [5.41, 5.74) is 7.51. The number of nitrogens with zero attached hydrogens (tertiary/aromatic N) is 1. The predicted octanol–water partition coefficient (Wildman–Crippen LogP) is 4.30. The molecule has 6 heteroatoms. The highest BCUT2D eigenvalue weighted by atomic mass is 35.5. The van der Waals surface area contributed by atoms with Crippen LogP contribution < -0.4 is 5.73 Å². The first-order chi connectivity index (χ1) is 11.5. The average molecular weight is 371 g/mol. The van der Waals surface area contributed by atoms with Crippen molar-refractivity contribution < 1.29 is 13.2 Å². The molecule has 1 saturated heterocycles. The minimum atomic E-state index is -4.28. The molecule has 0 amide bonds. The van der Waals surface area contributed by atoms with Crippen molar-refractivity contribution >= 4 is 12.4 Å². The molecule has 1 aliphatic rings. The molecule has 0 bridgehead atoms. The number of alkyl halides is 3. The maximum absolute atomic E-state index is 12.6. The number of hydrogen-bond donors (Lipinski definition) is 1. The Hall–Kier alpha value is -1.56. The first kappa shape index (κ1) is 19.8. The van der Waals surface area contributed by atoms with E-state index in [0.717, 1.165) is 30.8 Å². The van der Waals surface area contributed by atoms with Gasteiger partial charge in [0.15, 0.2) is 0 Å². The van der Waals surface area contributed by atoms with Crippen LogP contribution in [0.2, 0.25) is 0 Å². The van der Waals surface area contributed by atoms with Crippen LogP contribution in [0, 0.1) is 5.92 Å². The van der Waals surface area contributed by atoms with Crippen LogP contribution in [0.4, 0.5) is 13.2 Å². The van der Waals surface area contributed by atoms with Crippen molar-refractivity contribution in [2.24, 2.45) is 11.7 Å². The maximum atomic E-state index is 12.6.